The number of carbonyl (C=O) groups is 1. The van der Waals surface area contributed by atoms with E-state index in [2.05, 4.69) is 26.5 Å². The number of anilines is 1. The van der Waals surface area contributed by atoms with Crippen molar-refractivity contribution in [3.8, 4) is 5.69 Å². The van der Waals surface area contributed by atoms with Gasteiger partial charge in [0, 0.05) is 6.54 Å². The lowest BCUT2D eigenvalue weighted by Gasteiger charge is -2.08. The molecule has 7 heteroatoms. The smallest absolute Gasteiger partial charge is 0.234 e. The predicted octanol–water partition coefficient (Wildman–Crippen LogP) is 4.76. The van der Waals surface area contributed by atoms with Crippen LogP contribution in [0.2, 0.25) is 0 Å². The summed E-state index contributed by atoms with van der Waals surface area (Å²) in [4.78, 5) is 17.4. The van der Waals surface area contributed by atoms with E-state index in [-0.39, 0.29) is 11.7 Å². The van der Waals surface area contributed by atoms with E-state index in [1.54, 1.807) is 0 Å². The maximum Gasteiger partial charge on any atom is 0.234 e. The number of rotatable bonds is 7. The summed E-state index contributed by atoms with van der Waals surface area (Å²) >= 11 is 1.42. The van der Waals surface area contributed by atoms with Crippen molar-refractivity contribution >= 4 is 34.4 Å². The Morgan fingerprint density at radius 3 is 2.63 bits per heavy atom. The maximum atomic E-state index is 12.7. The molecule has 1 amide bonds. The molecule has 0 spiro atoms. The van der Waals surface area contributed by atoms with Gasteiger partial charge in [0.05, 0.1) is 39.5 Å². The fourth-order valence-electron chi connectivity index (χ4n) is 3.42. The van der Waals surface area contributed by atoms with Gasteiger partial charge in [0.2, 0.25) is 5.91 Å². The Balaban J connectivity index is 1.50. The van der Waals surface area contributed by atoms with Crippen LogP contribution in [0, 0.1) is 13.8 Å². The molecule has 2 aromatic heterocycles. The fraction of sp³-hybridized carbons (Fsp3) is 0.174. The van der Waals surface area contributed by atoms with E-state index in [0.717, 1.165) is 39.0 Å². The zero-order valence-corrected chi connectivity index (χ0v) is 17.8. The van der Waals surface area contributed by atoms with E-state index in [1.165, 1.54) is 11.8 Å². The Kier molecular flexibility index (Phi) is 5.72. The molecule has 0 atom stereocenters. The second-order valence-corrected chi connectivity index (χ2v) is 7.85. The number of carbonyl (C=O) groups excluding carboxylic acids is 1. The van der Waals surface area contributed by atoms with Crippen molar-refractivity contribution in [2.45, 2.75) is 25.5 Å². The predicted molar refractivity (Wildman–Crippen MR) is 122 cm³/mol. The number of fused-ring (bicyclic) bond motifs is 1. The Labute approximate surface area is 179 Å². The third-order valence-corrected chi connectivity index (χ3v) is 5.80. The highest BCUT2D eigenvalue weighted by molar-refractivity contribution is 7.99. The molecule has 2 heterocycles. The van der Waals surface area contributed by atoms with Crippen LogP contribution in [0.1, 0.15) is 11.4 Å². The summed E-state index contributed by atoms with van der Waals surface area (Å²) in [7, 11) is 0. The van der Waals surface area contributed by atoms with Gasteiger partial charge in [-0.15, -0.1) is 6.58 Å². The van der Waals surface area contributed by atoms with Gasteiger partial charge in [0.1, 0.15) is 0 Å². The van der Waals surface area contributed by atoms with Crippen molar-refractivity contribution < 1.29 is 4.79 Å². The summed E-state index contributed by atoms with van der Waals surface area (Å²) in [5.74, 6) is 0.173. The number of aryl methyl sites for hydroxylation is 1. The van der Waals surface area contributed by atoms with Gasteiger partial charge in [0.25, 0.3) is 0 Å². The largest absolute Gasteiger partial charge is 0.322 e. The Bertz CT molecular complexity index is 1210. The fourth-order valence-corrected chi connectivity index (χ4v) is 4.24. The van der Waals surface area contributed by atoms with Crippen molar-refractivity contribution in [2.75, 3.05) is 11.1 Å². The van der Waals surface area contributed by atoms with Crippen LogP contribution >= 0.6 is 11.8 Å². The number of nitrogens with zero attached hydrogens (tertiary/aromatic N) is 4. The maximum absolute atomic E-state index is 12.7. The van der Waals surface area contributed by atoms with Gasteiger partial charge in [-0.05, 0) is 38.1 Å². The number of amides is 1. The minimum atomic E-state index is -0.0870. The second-order valence-electron chi connectivity index (χ2n) is 6.91. The zero-order chi connectivity index (χ0) is 21.1. The molecule has 0 bridgehead atoms. The van der Waals surface area contributed by atoms with Gasteiger partial charge < -0.3 is 9.88 Å². The average molecular weight is 418 g/mol. The lowest BCUT2D eigenvalue weighted by Crippen LogP contribution is -2.15. The molecule has 0 radical (unpaired) electrons. The molecule has 6 nitrogen and oxygen atoms in total. The van der Waals surface area contributed by atoms with Gasteiger partial charge in [-0.2, -0.15) is 5.10 Å². The van der Waals surface area contributed by atoms with Crippen LogP contribution in [-0.4, -0.2) is 31.0 Å². The van der Waals surface area contributed by atoms with E-state index in [9.17, 15) is 4.79 Å². The van der Waals surface area contributed by atoms with Crippen LogP contribution in [-0.2, 0) is 11.3 Å². The zero-order valence-electron chi connectivity index (χ0n) is 17.0. The van der Waals surface area contributed by atoms with Gasteiger partial charge in [-0.3, -0.25) is 4.79 Å². The molecule has 0 unspecified atom stereocenters. The van der Waals surface area contributed by atoms with E-state index < -0.39 is 0 Å². The molecule has 0 aliphatic carbocycles. The number of para-hydroxylation sites is 3. The summed E-state index contributed by atoms with van der Waals surface area (Å²) in [6, 6.07) is 17.8. The van der Waals surface area contributed by atoms with Crippen LogP contribution in [0.4, 0.5) is 5.69 Å². The van der Waals surface area contributed by atoms with Crippen molar-refractivity contribution in [1.29, 1.82) is 0 Å². The van der Waals surface area contributed by atoms with Crippen molar-refractivity contribution in [3.63, 3.8) is 0 Å². The number of nitrogens with one attached hydrogen (secondary N) is 1. The first-order valence-corrected chi connectivity index (χ1v) is 10.7. The summed E-state index contributed by atoms with van der Waals surface area (Å²) in [5, 5.41) is 8.42. The normalized spacial score (nSPS) is 11.0. The van der Waals surface area contributed by atoms with E-state index in [1.807, 2.05) is 79.2 Å². The molecule has 0 aliphatic heterocycles. The highest BCUT2D eigenvalue weighted by Crippen LogP contribution is 2.26. The summed E-state index contributed by atoms with van der Waals surface area (Å²) in [6.45, 7) is 8.34. The Morgan fingerprint density at radius 2 is 1.87 bits per heavy atom. The van der Waals surface area contributed by atoms with Crippen LogP contribution in [0.15, 0.2) is 72.4 Å². The summed E-state index contributed by atoms with van der Waals surface area (Å²) < 4.78 is 3.92. The van der Waals surface area contributed by atoms with Gasteiger partial charge in [-0.1, -0.05) is 48.2 Å². The number of imidazole rings is 1. The first-order valence-electron chi connectivity index (χ1n) is 9.69. The monoisotopic (exact) mass is 417 g/mol. The number of aromatic nitrogens is 4. The standard InChI is InChI=1S/C23H23N5OS/c1-4-14-27-20-13-9-8-12-19(20)24-23(27)30-15-21(29)25-22-16(2)26-28(17(22)3)18-10-6-5-7-11-18/h4-13H,1,14-15H2,2-3H3,(H,25,29). The molecule has 0 saturated carbocycles. The van der Waals surface area contributed by atoms with E-state index in [0.29, 0.717) is 6.54 Å². The second kappa shape index (κ2) is 8.59. The molecule has 152 valence electrons. The molecule has 4 rings (SSSR count). The Morgan fingerprint density at radius 1 is 1.13 bits per heavy atom. The molecular formula is C23H23N5OS. The number of hydrogen-bond acceptors (Lipinski definition) is 4. The van der Waals surface area contributed by atoms with Gasteiger partial charge >= 0.3 is 0 Å². The molecular weight excluding hydrogens is 394 g/mol. The molecule has 2 aromatic carbocycles. The summed E-state index contributed by atoms with van der Waals surface area (Å²) in [6.07, 6.45) is 1.84. The van der Waals surface area contributed by atoms with Crippen LogP contribution in [0.25, 0.3) is 16.7 Å². The number of benzene rings is 2. The number of hydrogen-bond donors (Lipinski definition) is 1. The molecule has 1 N–H and O–H groups in total. The van der Waals surface area contributed by atoms with Crippen LogP contribution < -0.4 is 5.32 Å². The van der Waals surface area contributed by atoms with Gasteiger partial charge in [0.15, 0.2) is 5.16 Å². The number of thioether (sulfide) groups is 1. The minimum Gasteiger partial charge on any atom is -0.322 e. The van der Waals surface area contributed by atoms with Gasteiger partial charge in [-0.25, -0.2) is 9.67 Å². The van der Waals surface area contributed by atoms with E-state index >= 15 is 0 Å². The topological polar surface area (TPSA) is 64.7 Å². The molecule has 0 fully saturated rings. The lowest BCUT2D eigenvalue weighted by atomic mass is 10.3. The van der Waals surface area contributed by atoms with Crippen LogP contribution in [0.5, 0.6) is 0 Å². The molecule has 0 saturated heterocycles. The number of allylic oxidation sites excluding steroid dienone is 1. The first kappa shape index (κ1) is 20.0. The quantitative estimate of drug-likeness (QED) is 0.348. The summed E-state index contributed by atoms with van der Waals surface area (Å²) in [5.41, 5.74) is 5.36. The highest BCUT2D eigenvalue weighted by atomic mass is 32.2. The van der Waals surface area contributed by atoms with Crippen LogP contribution in [0.3, 0.4) is 0 Å². The third-order valence-electron chi connectivity index (χ3n) is 4.82. The molecule has 4 aromatic rings. The third kappa shape index (κ3) is 3.89. The minimum absolute atomic E-state index is 0.0870. The molecule has 30 heavy (non-hydrogen) atoms. The Hall–Kier alpha value is -3.32. The highest BCUT2D eigenvalue weighted by Gasteiger charge is 2.17. The van der Waals surface area contributed by atoms with E-state index in [4.69, 9.17) is 0 Å². The SMILES string of the molecule is C=CCn1c(SCC(=O)Nc2c(C)nn(-c3ccccc3)c2C)nc2ccccc21. The lowest BCUT2D eigenvalue weighted by molar-refractivity contribution is -0.113. The van der Waals surface area contributed by atoms with Crippen molar-refractivity contribution in [3.05, 3.63) is 78.6 Å². The average Bonchev–Trinajstić information content (AvgIpc) is 3.25. The molecule has 0 aliphatic rings. The van der Waals surface area contributed by atoms with Crippen molar-refractivity contribution in [2.24, 2.45) is 0 Å². The first-order chi connectivity index (χ1) is 14.6. The van der Waals surface area contributed by atoms with Crippen molar-refractivity contribution in [1.82, 2.24) is 19.3 Å².